The molecule has 0 saturated heterocycles. The third-order valence-corrected chi connectivity index (χ3v) is 8.14. The van der Waals surface area contributed by atoms with Crippen LogP contribution in [-0.4, -0.2) is 34.3 Å². The molecule has 0 spiro atoms. The van der Waals surface area contributed by atoms with Crippen LogP contribution in [0, 0.1) is 0 Å². The van der Waals surface area contributed by atoms with Gasteiger partial charge in [-0.25, -0.2) is 24.9 Å². The molecule has 0 radical (unpaired) electrons. The van der Waals surface area contributed by atoms with Crippen LogP contribution >= 0.6 is 0 Å². The molecule has 47 heavy (non-hydrogen) atoms. The maximum atomic E-state index is 5.75. The summed E-state index contributed by atoms with van der Waals surface area (Å²) < 4.78 is 2.12. The molecule has 8 rings (SSSR count). The second-order valence-corrected chi connectivity index (χ2v) is 11.0. The number of para-hydroxylation sites is 1. The van der Waals surface area contributed by atoms with Crippen LogP contribution in [0.1, 0.15) is 12.7 Å². The predicted octanol–water partition coefficient (Wildman–Crippen LogP) is 8.16. The quantitative estimate of drug-likeness (QED) is 0.190. The van der Waals surface area contributed by atoms with E-state index in [2.05, 4.69) is 51.8 Å². The first kappa shape index (κ1) is 28.0. The van der Waals surface area contributed by atoms with E-state index in [9.17, 15) is 0 Å². The summed E-state index contributed by atoms with van der Waals surface area (Å²) in [4.78, 5) is 28.9. The van der Waals surface area contributed by atoms with E-state index in [0.717, 1.165) is 66.7 Å². The van der Waals surface area contributed by atoms with Gasteiger partial charge >= 0.3 is 0 Å². The minimum Gasteiger partial charge on any atom is -0.405 e. The van der Waals surface area contributed by atoms with Crippen LogP contribution in [0.25, 0.3) is 78.3 Å². The van der Waals surface area contributed by atoms with Crippen LogP contribution in [0.15, 0.2) is 140 Å². The number of nitrogens with two attached hydrogens (primary N) is 1. The van der Waals surface area contributed by atoms with E-state index in [4.69, 9.17) is 30.7 Å². The lowest BCUT2D eigenvalue weighted by Gasteiger charge is -2.11. The Balaban J connectivity index is 1.27. The Morgan fingerprint density at radius 2 is 1.40 bits per heavy atom. The largest absolute Gasteiger partial charge is 0.405 e. The molecule has 8 nitrogen and oxygen atoms in total. The molecule has 0 aliphatic rings. The van der Waals surface area contributed by atoms with Gasteiger partial charge in [-0.2, -0.15) is 0 Å². The molecule has 8 aromatic rings. The highest BCUT2D eigenvalue weighted by molar-refractivity contribution is 6.09. The lowest BCUT2D eigenvalue weighted by Crippen LogP contribution is -2.02. The molecule has 0 saturated carbocycles. The average molecular weight is 609 g/mol. The van der Waals surface area contributed by atoms with Gasteiger partial charge in [0.05, 0.1) is 16.7 Å². The van der Waals surface area contributed by atoms with Gasteiger partial charge in [-0.15, -0.1) is 0 Å². The zero-order chi connectivity index (χ0) is 31.7. The number of aromatic nitrogens is 7. The molecule has 5 heterocycles. The number of rotatable bonds is 6. The summed E-state index contributed by atoms with van der Waals surface area (Å²) >= 11 is 0. The maximum absolute atomic E-state index is 5.75. The van der Waals surface area contributed by atoms with Crippen molar-refractivity contribution in [2.75, 3.05) is 0 Å². The summed E-state index contributed by atoms with van der Waals surface area (Å²) in [7, 11) is 0. The number of imidazole rings is 1. The van der Waals surface area contributed by atoms with E-state index >= 15 is 0 Å². The number of fused-ring (bicyclic) bond motifs is 5. The molecule has 0 unspecified atom stereocenters. The third-order valence-electron chi connectivity index (χ3n) is 8.14. The van der Waals surface area contributed by atoms with E-state index in [1.165, 1.54) is 6.20 Å². The van der Waals surface area contributed by atoms with Gasteiger partial charge in [-0.1, -0.05) is 66.7 Å². The first-order valence-corrected chi connectivity index (χ1v) is 15.3. The Kier molecular flexibility index (Phi) is 7.00. The number of benzene rings is 3. The van der Waals surface area contributed by atoms with E-state index < -0.39 is 0 Å². The van der Waals surface area contributed by atoms with Crippen LogP contribution in [-0.2, 0) is 0 Å². The Labute approximate surface area is 270 Å². The molecule has 0 aliphatic heterocycles. The minimum absolute atomic E-state index is 0.532. The SMILES string of the molecule is C/C=C(\C=C/N)c1nc(-c2cccnc2)nc(-c2cccc(-c3cccc(-c4nc5ccccc5c5nc6ccccn6c45)c3)c2)n1. The molecule has 0 aliphatic carbocycles. The fraction of sp³-hybridized carbons (Fsp3) is 0.0256. The Hall–Kier alpha value is -6.54. The van der Waals surface area contributed by atoms with Gasteiger partial charge in [0.15, 0.2) is 17.5 Å². The summed E-state index contributed by atoms with van der Waals surface area (Å²) in [5.74, 6) is 1.62. The fourth-order valence-corrected chi connectivity index (χ4v) is 5.90. The van der Waals surface area contributed by atoms with Gasteiger partial charge in [0.25, 0.3) is 0 Å². The van der Waals surface area contributed by atoms with Crippen LogP contribution < -0.4 is 5.73 Å². The zero-order valence-electron chi connectivity index (χ0n) is 25.5. The molecule has 2 N–H and O–H groups in total. The van der Waals surface area contributed by atoms with Crippen molar-refractivity contribution in [3.05, 3.63) is 146 Å². The number of allylic oxidation sites excluding steroid dienone is 3. The lowest BCUT2D eigenvalue weighted by atomic mass is 9.98. The van der Waals surface area contributed by atoms with Gasteiger partial charge < -0.3 is 5.73 Å². The molecule has 0 amide bonds. The molecular formula is C39H28N8. The van der Waals surface area contributed by atoms with Crippen LogP contribution in [0.5, 0.6) is 0 Å². The molecular weight excluding hydrogens is 580 g/mol. The van der Waals surface area contributed by atoms with Crippen LogP contribution in [0.2, 0.25) is 0 Å². The van der Waals surface area contributed by atoms with Crippen molar-refractivity contribution in [2.45, 2.75) is 6.92 Å². The summed E-state index contributed by atoms with van der Waals surface area (Å²) in [6.07, 6.45) is 10.7. The van der Waals surface area contributed by atoms with Crippen molar-refractivity contribution in [2.24, 2.45) is 5.73 Å². The highest BCUT2D eigenvalue weighted by Crippen LogP contribution is 2.35. The number of hydrogen-bond donors (Lipinski definition) is 1. The van der Waals surface area contributed by atoms with Gasteiger partial charge in [0, 0.05) is 46.2 Å². The molecule has 0 bridgehead atoms. The first-order chi connectivity index (χ1) is 23.2. The van der Waals surface area contributed by atoms with E-state index in [-0.39, 0.29) is 0 Å². The van der Waals surface area contributed by atoms with E-state index in [1.54, 1.807) is 18.5 Å². The summed E-state index contributed by atoms with van der Waals surface area (Å²) in [5.41, 5.74) is 15.9. The van der Waals surface area contributed by atoms with Crippen LogP contribution in [0.3, 0.4) is 0 Å². The first-order valence-electron chi connectivity index (χ1n) is 15.3. The standard InChI is InChI=1S/C39H28N8/c1-2-25(18-19-40)37-44-38(46-39(45-37)30-14-9-20-41-24-30)29-13-8-11-27(23-29)26-10-7-12-28(22-26)34-36-35(31-15-3-4-16-32(31)42-34)43-33-17-5-6-21-47(33)36/h2-24H,40H2,1H3/b19-18-,25-2+. The number of hydrogen-bond acceptors (Lipinski definition) is 7. The zero-order valence-corrected chi connectivity index (χ0v) is 25.5. The molecule has 5 aromatic heterocycles. The summed E-state index contributed by atoms with van der Waals surface area (Å²) in [6, 6.07) is 34.7. The van der Waals surface area contributed by atoms with E-state index in [0.29, 0.717) is 17.5 Å². The molecule has 3 aromatic carbocycles. The minimum atomic E-state index is 0.532. The van der Waals surface area contributed by atoms with Crippen molar-refractivity contribution >= 4 is 33.2 Å². The van der Waals surface area contributed by atoms with Gasteiger partial charge in [-0.3, -0.25) is 9.38 Å². The number of nitrogens with zero attached hydrogens (tertiary/aromatic N) is 7. The molecule has 8 heteroatoms. The van der Waals surface area contributed by atoms with Crippen molar-refractivity contribution in [3.8, 4) is 45.2 Å². The summed E-state index contributed by atoms with van der Waals surface area (Å²) in [6.45, 7) is 1.93. The van der Waals surface area contributed by atoms with Gasteiger partial charge in [-0.05, 0) is 72.8 Å². The summed E-state index contributed by atoms with van der Waals surface area (Å²) in [5, 5.41) is 1.03. The lowest BCUT2D eigenvalue weighted by molar-refractivity contribution is 1.03. The Bertz CT molecular complexity index is 2500. The second kappa shape index (κ2) is 11.8. The van der Waals surface area contributed by atoms with Crippen molar-refractivity contribution in [1.29, 1.82) is 0 Å². The third kappa shape index (κ3) is 5.07. The Morgan fingerprint density at radius 3 is 2.19 bits per heavy atom. The smallest absolute Gasteiger partial charge is 0.165 e. The predicted molar refractivity (Wildman–Crippen MR) is 188 cm³/mol. The van der Waals surface area contributed by atoms with Crippen molar-refractivity contribution in [1.82, 2.24) is 34.3 Å². The maximum Gasteiger partial charge on any atom is 0.165 e. The molecule has 0 atom stereocenters. The topological polar surface area (TPSA) is 108 Å². The highest BCUT2D eigenvalue weighted by Gasteiger charge is 2.17. The van der Waals surface area contributed by atoms with Gasteiger partial charge in [0.2, 0.25) is 0 Å². The average Bonchev–Trinajstić information content (AvgIpc) is 3.54. The normalized spacial score (nSPS) is 12.1. The monoisotopic (exact) mass is 608 g/mol. The van der Waals surface area contributed by atoms with Gasteiger partial charge in [0.1, 0.15) is 11.2 Å². The number of pyridine rings is 3. The Morgan fingerprint density at radius 1 is 0.681 bits per heavy atom. The molecule has 224 valence electrons. The fourth-order valence-electron chi connectivity index (χ4n) is 5.90. The van der Waals surface area contributed by atoms with Crippen molar-refractivity contribution in [3.63, 3.8) is 0 Å². The highest BCUT2D eigenvalue weighted by atomic mass is 15.0. The second-order valence-electron chi connectivity index (χ2n) is 11.0. The van der Waals surface area contributed by atoms with Crippen molar-refractivity contribution < 1.29 is 0 Å². The van der Waals surface area contributed by atoms with Crippen LogP contribution in [0.4, 0.5) is 0 Å². The molecule has 0 fully saturated rings. The van der Waals surface area contributed by atoms with E-state index in [1.807, 2.05) is 79.9 Å².